The van der Waals surface area contributed by atoms with E-state index < -0.39 is 0 Å². The van der Waals surface area contributed by atoms with Gasteiger partial charge in [0.2, 0.25) is 0 Å². The molecule has 0 spiro atoms. The van der Waals surface area contributed by atoms with E-state index in [1.807, 2.05) is 12.1 Å². The molecule has 0 fully saturated rings. The van der Waals surface area contributed by atoms with Crippen LogP contribution >= 0.6 is 23.2 Å². The maximum atomic E-state index is 6.13. The van der Waals surface area contributed by atoms with Gasteiger partial charge in [0.15, 0.2) is 0 Å². The molecule has 0 aromatic heterocycles. The van der Waals surface area contributed by atoms with Gasteiger partial charge in [-0.25, -0.2) is 0 Å². The lowest BCUT2D eigenvalue weighted by Gasteiger charge is -2.11. The highest BCUT2D eigenvalue weighted by Crippen LogP contribution is 2.52. The third-order valence-electron chi connectivity index (χ3n) is 4.04. The lowest BCUT2D eigenvalue weighted by Crippen LogP contribution is -2.05. The second-order valence-electron chi connectivity index (χ2n) is 4.99. The molecule has 1 aliphatic carbocycles. The Morgan fingerprint density at radius 2 is 1.78 bits per heavy atom. The van der Waals surface area contributed by atoms with Crippen molar-refractivity contribution in [3.05, 3.63) is 63.1 Å². The fraction of sp³-hybridized carbons (Fsp3) is 0.200. The summed E-state index contributed by atoms with van der Waals surface area (Å²) < 4.78 is 0. The third kappa shape index (κ3) is 1.35. The van der Waals surface area contributed by atoms with E-state index in [9.17, 15) is 0 Å². The molecule has 0 bridgehead atoms. The van der Waals surface area contributed by atoms with Crippen molar-refractivity contribution in [3.8, 4) is 0 Å². The van der Waals surface area contributed by atoms with Crippen molar-refractivity contribution < 1.29 is 0 Å². The van der Waals surface area contributed by atoms with E-state index in [2.05, 4.69) is 29.6 Å². The summed E-state index contributed by atoms with van der Waals surface area (Å²) in [5.41, 5.74) is 5.28. The Kier molecular flexibility index (Phi) is 2.18. The molecule has 0 radical (unpaired) electrons. The minimum Gasteiger partial charge on any atom is -0.377 e. The number of hydrogen-bond donors (Lipinski definition) is 1. The van der Waals surface area contributed by atoms with Crippen LogP contribution in [0.25, 0.3) is 0 Å². The summed E-state index contributed by atoms with van der Waals surface area (Å²) in [5.74, 6) is 0.493. The standard InChI is InChI=1S/C15H11Cl2N/c16-12-6-10-11-5-8-3-1-2-4-9(8)15(11)18-14(10)7-13(12)17/h1-4,6-7,11,15,18H,5H2/t11-,15-/m1/s1. The molecule has 1 N–H and O–H groups in total. The molecule has 18 heavy (non-hydrogen) atoms. The zero-order valence-corrected chi connectivity index (χ0v) is 11.1. The fourth-order valence-corrected chi connectivity index (χ4v) is 3.56. The van der Waals surface area contributed by atoms with Crippen LogP contribution in [-0.2, 0) is 6.42 Å². The van der Waals surface area contributed by atoms with Gasteiger partial charge in [-0.1, -0.05) is 47.5 Å². The van der Waals surface area contributed by atoms with Crippen LogP contribution in [-0.4, -0.2) is 0 Å². The molecule has 2 aliphatic rings. The van der Waals surface area contributed by atoms with E-state index in [4.69, 9.17) is 23.2 Å². The van der Waals surface area contributed by atoms with Crippen molar-refractivity contribution in [1.29, 1.82) is 0 Å². The highest BCUT2D eigenvalue weighted by molar-refractivity contribution is 6.42. The van der Waals surface area contributed by atoms with E-state index in [1.165, 1.54) is 16.7 Å². The van der Waals surface area contributed by atoms with Crippen molar-refractivity contribution in [2.24, 2.45) is 0 Å². The molecule has 1 aliphatic heterocycles. The number of halogens is 2. The van der Waals surface area contributed by atoms with Crippen LogP contribution in [0.2, 0.25) is 10.0 Å². The first-order chi connectivity index (χ1) is 8.74. The third-order valence-corrected chi connectivity index (χ3v) is 4.76. The first kappa shape index (κ1) is 10.7. The highest BCUT2D eigenvalue weighted by Gasteiger charge is 2.39. The van der Waals surface area contributed by atoms with Crippen LogP contribution in [0.1, 0.15) is 28.7 Å². The molecule has 3 heteroatoms. The first-order valence-electron chi connectivity index (χ1n) is 6.07. The zero-order chi connectivity index (χ0) is 12.3. The molecule has 1 heterocycles. The highest BCUT2D eigenvalue weighted by atomic mass is 35.5. The van der Waals surface area contributed by atoms with Crippen LogP contribution in [0.4, 0.5) is 5.69 Å². The second-order valence-corrected chi connectivity index (χ2v) is 5.80. The van der Waals surface area contributed by atoms with Gasteiger partial charge in [0.05, 0.1) is 16.1 Å². The number of benzene rings is 2. The predicted molar refractivity (Wildman–Crippen MR) is 75.7 cm³/mol. The van der Waals surface area contributed by atoms with Crippen molar-refractivity contribution >= 4 is 28.9 Å². The van der Waals surface area contributed by atoms with Crippen molar-refractivity contribution in [1.82, 2.24) is 0 Å². The number of nitrogens with one attached hydrogen (secondary N) is 1. The number of fused-ring (bicyclic) bond motifs is 5. The van der Waals surface area contributed by atoms with Crippen LogP contribution in [0.3, 0.4) is 0 Å². The summed E-state index contributed by atoms with van der Waals surface area (Å²) >= 11 is 12.2. The van der Waals surface area contributed by atoms with Gasteiger partial charge >= 0.3 is 0 Å². The summed E-state index contributed by atoms with van der Waals surface area (Å²) in [4.78, 5) is 0. The Morgan fingerprint density at radius 3 is 2.67 bits per heavy atom. The van der Waals surface area contributed by atoms with Gasteiger partial charge in [-0.2, -0.15) is 0 Å². The van der Waals surface area contributed by atoms with Gasteiger partial charge in [0, 0.05) is 11.6 Å². The number of rotatable bonds is 0. The van der Waals surface area contributed by atoms with Gasteiger partial charge < -0.3 is 5.32 Å². The molecule has 2 aromatic carbocycles. The van der Waals surface area contributed by atoms with Crippen LogP contribution < -0.4 is 5.32 Å². The summed E-state index contributed by atoms with van der Waals surface area (Å²) in [6, 6.07) is 13.0. The van der Waals surface area contributed by atoms with E-state index in [0.29, 0.717) is 22.0 Å². The monoisotopic (exact) mass is 275 g/mol. The summed E-state index contributed by atoms with van der Waals surface area (Å²) in [6.07, 6.45) is 1.08. The van der Waals surface area contributed by atoms with Crippen molar-refractivity contribution in [2.75, 3.05) is 5.32 Å². The topological polar surface area (TPSA) is 12.0 Å². The molecule has 1 nitrogen and oxygen atoms in total. The lowest BCUT2D eigenvalue weighted by molar-refractivity contribution is 0.677. The molecule has 0 unspecified atom stereocenters. The minimum absolute atomic E-state index is 0.380. The van der Waals surface area contributed by atoms with Crippen molar-refractivity contribution in [3.63, 3.8) is 0 Å². The van der Waals surface area contributed by atoms with E-state index >= 15 is 0 Å². The molecule has 0 saturated heterocycles. The van der Waals surface area contributed by atoms with Gasteiger partial charge in [-0.15, -0.1) is 0 Å². The smallest absolute Gasteiger partial charge is 0.0613 e. The molecule has 0 amide bonds. The Morgan fingerprint density at radius 1 is 1.00 bits per heavy atom. The van der Waals surface area contributed by atoms with Gasteiger partial charge in [0.25, 0.3) is 0 Å². The SMILES string of the molecule is Clc1cc2c(cc1Cl)[C@H]1Cc3ccccc3[C@H]1N2. The zero-order valence-electron chi connectivity index (χ0n) is 9.58. The Balaban J connectivity index is 1.85. The summed E-state index contributed by atoms with van der Waals surface area (Å²) in [7, 11) is 0. The lowest BCUT2D eigenvalue weighted by atomic mass is 9.96. The van der Waals surface area contributed by atoms with Crippen LogP contribution in [0.5, 0.6) is 0 Å². The van der Waals surface area contributed by atoms with Gasteiger partial charge in [0.1, 0.15) is 0 Å². The molecule has 4 rings (SSSR count). The second kappa shape index (κ2) is 3.66. The Labute approximate surface area is 116 Å². The summed E-state index contributed by atoms with van der Waals surface area (Å²) in [6.45, 7) is 0. The molecule has 2 aromatic rings. The first-order valence-corrected chi connectivity index (χ1v) is 6.83. The number of anilines is 1. The molecule has 0 saturated carbocycles. The minimum atomic E-state index is 0.380. The van der Waals surface area contributed by atoms with Crippen LogP contribution in [0, 0.1) is 0 Å². The molecule has 2 atom stereocenters. The largest absolute Gasteiger partial charge is 0.377 e. The normalized spacial score (nSPS) is 23.2. The maximum Gasteiger partial charge on any atom is 0.0613 e. The maximum absolute atomic E-state index is 6.13. The van der Waals surface area contributed by atoms with E-state index in [-0.39, 0.29) is 0 Å². The van der Waals surface area contributed by atoms with Gasteiger partial charge in [-0.05, 0) is 35.2 Å². The number of hydrogen-bond acceptors (Lipinski definition) is 1. The van der Waals surface area contributed by atoms with E-state index in [1.54, 1.807) is 0 Å². The van der Waals surface area contributed by atoms with Gasteiger partial charge in [-0.3, -0.25) is 0 Å². The predicted octanol–water partition coefficient (Wildman–Crippen LogP) is 4.80. The van der Waals surface area contributed by atoms with Crippen LogP contribution in [0.15, 0.2) is 36.4 Å². The fourth-order valence-electron chi connectivity index (χ4n) is 3.22. The molecular weight excluding hydrogens is 265 g/mol. The Hall–Kier alpha value is -1.18. The molecular formula is C15H11Cl2N. The average molecular weight is 276 g/mol. The van der Waals surface area contributed by atoms with Crippen molar-refractivity contribution in [2.45, 2.75) is 18.4 Å². The van der Waals surface area contributed by atoms with E-state index in [0.717, 1.165) is 12.1 Å². The Bertz CT molecular complexity index is 651. The summed E-state index contributed by atoms with van der Waals surface area (Å²) in [5, 5.41) is 4.85. The molecule has 90 valence electrons. The quantitative estimate of drug-likeness (QED) is 0.728. The average Bonchev–Trinajstić information content (AvgIpc) is 2.87.